The summed E-state index contributed by atoms with van der Waals surface area (Å²) in [6.07, 6.45) is 7.11. The molecule has 2 aromatic heterocycles. The van der Waals surface area contributed by atoms with Gasteiger partial charge in [-0.2, -0.15) is 8.79 Å². The topological polar surface area (TPSA) is 8.29 Å². The van der Waals surface area contributed by atoms with Gasteiger partial charge < -0.3 is 0 Å². The van der Waals surface area contributed by atoms with E-state index >= 15 is 0 Å². The van der Waals surface area contributed by atoms with Crippen LogP contribution in [0.5, 0.6) is 0 Å². The molecule has 0 radical (unpaired) electrons. The maximum Gasteiger partial charge on any atom is 0.297 e. The summed E-state index contributed by atoms with van der Waals surface area (Å²) in [5.41, 5.74) is 2.39. The Morgan fingerprint density at radius 3 is 2.52 bits per heavy atom. The minimum absolute atomic E-state index is 0.0552. The highest BCUT2D eigenvalue weighted by Gasteiger charge is 2.55. The second-order valence-electron chi connectivity index (χ2n) is 7.02. The molecule has 1 unspecified atom stereocenters. The molecule has 0 aliphatic carbocycles. The first-order valence-corrected chi connectivity index (χ1v) is 8.69. The van der Waals surface area contributed by atoms with Gasteiger partial charge in [-0.3, -0.25) is 0 Å². The van der Waals surface area contributed by atoms with Crippen LogP contribution in [0.2, 0.25) is 0 Å². The molecule has 3 heterocycles. The van der Waals surface area contributed by atoms with E-state index < -0.39 is 0 Å². The summed E-state index contributed by atoms with van der Waals surface area (Å²) in [5.74, 6) is -0.192. The predicted octanol–water partition coefficient (Wildman–Crippen LogP) is 4.72. The molecule has 0 spiro atoms. The number of rotatable bonds is 3. The van der Waals surface area contributed by atoms with Crippen LogP contribution in [-0.2, 0) is 11.0 Å². The molecule has 1 aliphatic rings. The number of nitrogens with zero attached hydrogens (tertiary/aromatic N) is 2. The molecular weight excluding hydrogens is 287 g/mol. The van der Waals surface area contributed by atoms with Crippen molar-refractivity contribution in [2.45, 2.75) is 57.9 Å². The van der Waals surface area contributed by atoms with Gasteiger partial charge in [0.1, 0.15) is 17.9 Å². The molecular formula is C20H24FN2+. The molecule has 3 heteroatoms. The largest absolute Gasteiger partial charge is 0.297 e. The summed E-state index contributed by atoms with van der Waals surface area (Å²) < 4.78 is 18.6. The van der Waals surface area contributed by atoms with E-state index in [0.717, 1.165) is 30.3 Å². The summed E-state index contributed by atoms with van der Waals surface area (Å²) in [5, 5.41) is 2.22. The molecule has 0 amide bonds. The highest BCUT2D eigenvalue weighted by Crippen LogP contribution is 2.50. The third-order valence-corrected chi connectivity index (χ3v) is 6.62. The maximum atomic E-state index is 14.5. The molecule has 0 saturated carbocycles. The van der Waals surface area contributed by atoms with Crippen molar-refractivity contribution in [1.29, 1.82) is 0 Å². The van der Waals surface area contributed by atoms with E-state index in [9.17, 15) is 4.39 Å². The summed E-state index contributed by atoms with van der Waals surface area (Å²) in [4.78, 5) is 0. The first-order chi connectivity index (χ1) is 11.0. The summed E-state index contributed by atoms with van der Waals surface area (Å²) >= 11 is 0. The van der Waals surface area contributed by atoms with Crippen molar-refractivity contribution in [2.24, 2.45) is 0 Å². The van der Waals surface area contributed by atoms with Crippen LogP contribution in [0, 0.1) is 5.95 Å². The number of hydrogen-bond donors (Lipinski definition) is 0. The number of pyridine rings is 1. The SMILES string of the molecule is CCC1(CC)c2cccc3cc(F)n4cc[n+](c4c23)C1(C)CC. The Kier molecular flexibility index (Phi) is 2.91. The minimum Gasteiger partial charge on any atom is -0.224 e. The van der Waals surface area contributed by atoms with Crippen LogP contribution in [0.4, 0.5) is 4.39 Å². The molecule has 1 aromatic carbocycles. The van der Waals surface area contributed by atoms with Crippen molar-refractivity contribution in [3.63, 3.8) is 0 Å². The molecule has 0 N–H and O–H groups in total. The first-order valence-electron chi connectivity index (χ1n) is 8.69. The molecule has 1 atom stereocenters. The van der Waals surface area contributed by atoms with Crippen molar-refractivity contribution < 1.29 is 8.96 Å². The van der Waals surface area contributed by atoms with Gasteiger partial charge in [-0.25, -0.2) is 4.57 Å². The summed E-state index contributed by atoms with van der Waals surface area (Å²) in [6, 6.07) is 8.05. The van der Waals surface area contributed by atoms with Gasteiger partial charge in [0, 0.05) is 11.5 Å². The fraction of sp³-hybridized carbons (Fsp3) is 0.450. The number of benzene rings is 1. The van der Waals surface area contributed by atoms with E-state index in [4.69, 9.17) is 0 Å². The van der Waals surface area contributed by atoms with Crippen LogP contribution in [-0.4, -0.2) is 4.40 Å². The van der Waals surface area contributed by atoms with Crippen molar-refractivity contribution in [2.75, 3.05) is 0 Å². The molecule has 0 fully saturated rings. The lowest BCUT2D eigenvalue weighted by Gasteiger charge is -2.48. The molecule has 4 rings (SSSR count). The zero-order chi connectivity index (χ0) is 16.4. The Labute approximate surface area is 136 Å². The zero-order valence-corrected chi connectivity index (χ0v) is 14.4. The van der Waals surface area contributed by atoms with Crippen molar-refractivity contribution >= 4 is 16.4 Å². The van der Waals surface area contributed by atoms with Crippen molar-refractivity contribution in [3.05, 3.63) is 48.2 Å². The smallest absolute Gasteiger partial charge is 0.224 e. The lowest BCUT2D eigenvalue weighted by atomic mass is 9.59. The quantitative estimate of drug-likeness (QED) is 0.489. The van der Waals surface area contributed by atoms with E-state index in [1.807, 2.05) is 12.3 Å². The number of hydrogen-bond acceptors (Lipinski definition) is 0. The Balaban J connectivity index is 2.32. The summed E-state index contributed by atoms with van der Waals surface area (Å²) in [6.45, 7) is 9.17. The van der Waals surface area contributed by atoms with Crippen LogP contribution in [0.3, 0.4) is 0 Å². The average Bonchev–Trinajstić information content (AvgIpc) is 3.02. The molecule has 3 aromatic rings. The first kappa shape index (κ1) is 14.7. The third kappa shape index (κ3) is 1.46. The molecule has 120 valence electrons. The fourth-order valence-electron chi connectivity index (χ4n) is 5.16. The maximum absolute atomic E-state index is 14.5. The number of aromatic nitrogens is 2. The summed E-state index contributed by atoms with van der Waals surface area (Å²) in [7, 11) is 0. The standard InChI is InChI=1S/C20H24FN2/c1-5-19(4)20(6-2,7-3)15-10-8-9-14-13-16(21)22-11-12-23(19)18(22)17(14)15/h8-13H,5-7H2,1-4H3/q+1. The molecule has 0 bridgehead atoms. The van der Waals surface area contributed by atoms with Gasteiger partial charge in [0.25, 0.3) is 11.6 Å². The van der Waals surface area contributed by atoms with Gasteiger partial charge in [0.05, 0.1) is 5.39 Å². The minimum atomic E-state index is -0.192. The Morgan fingerprint density at radius 2 is 1.87 bits per heavy atom. The lowest BCUT2D eigenvalue weighted by Crippen LogP contribution is -2.66. The van der Waals surface area contributed by atoms with Gasteiger partial charge >= 0.3 is 0 Å². The van der Waals surface area contributed by atoms with Crippen LogP contribution in [0.15, 0.2) is 36.7 Å². The van der Waals surface area contributed by atoms with E-state index in [1.54, 1.807) is 10.5 Å². The Morgan fingerprint density at radius 1 is 1.13 bits per heavy atom. The highest BCUT2D eigenvalue weighted by molar-refractivity contribution is 5.97. The van der Waals surface area contributed by atoms with Gasteiger partial charge in [-0.05, 0) is 37.1 Å². The average molecular weight is 311 g/mol. The van der Waals surface area contributed by atoms with Gasteiger partial charge in [-0.1, -0.05) is 39.0 Å². The van der Waals surface area contributed by atoms with Gasteiger partial charge in [-0.15, -0.1) is 0 Å². The highest BCUT2D eigenvalue weighted by atomic mass is 19.1. The molecule has 23 heavy (non-hydrogen) atoms. The molecule has 0 saturated heterocycles. The monoisotopic (exact) mass is 311 g/mol. The van der Waals surface area contributed by atoms with Gasteiger partial charge in [0.15, 0.2) is 0 Å². The van der Waals surface area contributed by atoms with Crippen LogP contribution in [0.25, 0.3) is 16.4 Å². The fourth-order valence-corrected chi connectivity index (χ4v) is 5.16. The predicted molar refractivity (Wildman–Crippen MR) is 91.3 cm³/mol. The van der Waals surface area contributed by atoms with Crippen molar-refractivity contribution in [1.82, 2.24) is 4.40 Å². The van der Waals surface area contributed by atoms with Crippen LogP contribution < -0.4 is 4.57 Å². The Hall–Kier alpha value is -1.90. The van der Waals surface area contributed by atoms with E-state index in [1.165, 1.54) is 10.9 Å². The lowest BCUT2D eigenvalue weighted by molar-refractivity contribution is -0.751. The number of imidazole rings is 1. The van der Waals surface area contributed by atoms with Crippen LogP contribution >= 0.6 is 0 Å². The van der Waals surface area contributed by atoms with Crippen LogP contribution in [0.1, 0.15) is 52.5 Å². The van der Waals surface area contributed by atoms with Gasteiger partial charge in [0.2, 0.25) is 0 Å². The van der Waals surface area contributed by atoms with Crippen molar-refractivity contribution in [3.8, 4) is 0 Å². The third-order valence-electron chi connectivity index (χ3n) is 6.62. The zero-order valence-electron chi connectivity index (χ0n) is 14.4. The second kappa shape index (κ2) is 4.56. The van der Waals surface area contributed by atoms with E-state index in [2.05, 4.69) is 50.6 Å². The second-order valence-corrected chi connectivity index (χ2v) is 7.02. The molecule has 1 aliphatic heterocycles. The van der Waals surface area contributed by atoms with E-state index in [-0.39, 0.29) is 16.9 Å². The Bertz CT molecular complexity index is 920. The normalized spacial score (nSPS) is 22.3. The number of halogens is 1. The molecule has 2 nitrogen and oxygen atoms in total. The van der Waals surface area contributed by atoms with E-state index in [0.29, 0.717) is 0 Å².